The van der Waals surface area contributed by atoms with Crippen LogP contribution in [0.5, 0.6) is 0 Å². The van der Waals surface area contributed by atoms with Crippen LogP contribution in [-0.4, -0.2) is 18.2 Å². The fourth-order valence-electron chi connectivity index (χ4n) is 1.66. The quantitative estimate of drug-likeness (QED) is 0.683. The third-order valence-electron chi connectivity index (χ3n) is 2.50. The van der Waals surface area contributed by atoms with Gasteiger partial charge in [-0.25, -0.2) is 4.79 Å². The highest BCUT2D eigenvalue weighted by molar-refractivity contribution is 5.91. The third kappa shape index (κ3) is 3.02. The van der Waals surface area contributed by atoms with Gasteiger partial charge in [0.2, 0.25) is 5.76 Å². The van der Waals surface area contributed by atoms with Gasteiger partial charge in [0.25, 0.3) is 0 Å². The number of methoxy groups -OCH3 is 1. The predicted molar refractivity (Wildman–Crippen MR) is 73.8 cm³/mol. The van der Waals surface area contributed by atoms with Gasteiger partial charge in [0.1, 0.15) is 0 Å². The largest absolute Gasteiger partial charge is 0.490 e. The molecule has 0 saturated carbocycles. The molecule has 4 heteroatoms. The molecule has 3 nitrogen and oxygen atoms in total. The van der Waals surface area contributed by atoms with E-state index in [4.69, 9.17) is 9.84 Å². The molecule has 0 radical (unpaired) electrons. The lowest BCUT2D eigenvalue weighted by atomic mass is 10.1. The van der Waals surface area contributed by atoms with Crippen molar-refractivity contribution in [3.05, 3.63) is 53.8 Å². The Hall–Kier alpha value is -2.00. The van der Waals surface area contributed by atoms with Crippen LogP contribution >= 0.6 is 12.4 Å². The molecule has 0 atom stereocenters. The first kappa shape index (κ1) is 14.1. The van der Waals surface area contributed by atoms with Crippen molar-refractivity contribution >= 4 is 35.2 Å². The van der Waals surface area contributed by atoms with Gasteiger partial charge in [0.05, 0.1) is 7.11 Å². The number of rotatable bonds is 3. The molecular formula is C14H13ClO3. The standard InChI is InChI=1S/C14H12O3.ClH/c1-17-13(14(15)16)9-10-6-7-11-4-2-3-5-12(11)8-10;/h2-9H,1H3,(H,15,16);1H. The van der Waals surface area contributed by atoms with E-state index in [2.05, 4.69) is 0 Å². The number of carboxylic acid groups (broad SMARTS) is 1. The number of ether oxygens (including phenoxy) is 1. The highest BCUT2D eigenvalue weighted by Crippen LogP contribution is 2.17. The van der Waals surface area contributed by atoms with E-state index in [0.717, 1.165) is 16.3 Å². The number of benzene rings is 2. The van der Waals surface area contributed by atoms with Gasteiger partial charge in [-0.1, -0.05) is 36.4 Å². The van der Waals surface area contributed by atoms with Crippen LogP contribution in [0.15, 0.2) is 48.2 Å². The molecule has 0 fully saturated rings. The summed E-state index contributed by atoms with van der Waals surface area (Å²) < 4.78 is 4.79. The Balaban J connectivity index is 0.00000162. The number of fused-ring (bicyclic) bond motifs is 1. The Bertz CT molecular complexity index is 590. The van der Waals surface area contributed by atoms with Crippen molar-refractivity contribution in [1.82, 2.24) is 0 Å². The van der Waals surface area contributed by atoms with Gasteiger partial charge in [-0.15, -0.1) is 12.4 Å². The number of carbonyl (C=O) groups is 1. The van der Waals surface area contributed by atoms with Gasteiger partial charge in [-0.05, 0) is 28.5 Å². The molecule has 0 aliphatic carbocycles. The van der Waals surface area contributed by atoms with E-state index < -0.39 is 5.97 Å². The summed E-state index contributed by atoms with van der Waals surface area (Å²) in [6.07, 6.45) is 1.51. The molecule has 0 heterocycles. The van der Waals surface area contributed by atoms with Crippen molar-refractivity contribution < 1.29 is 14.6 Å². The molecule has 0 unspecified atom stereocenters. The Kier molecular flexibility index (Phi) is 4.75. The van der Waals surface area contributed by atoms with Gasteiger partial charge < -0.3 is 9.84 Å². The van der Waals surface area contributed by atoms with Crippen LogP contribution in [0.1, 0.15) is 5.56 Å². The van der Waals surface area contributed by atoms with Crippen LogP contribution in [0, 0.1) is 0 Å². The second kappa shape index (κ2) is 6.07. The lowest BCUT2D eigenvalue weighted by Gasteiger charge is -2.02. The third-order valence-corrected chi connectivity index (χ3v) is 2.50. The highest BCUT2D eigenvalue weighted by atomic mass is 35.5. The van der Waals surface area contributed by atoms with Crippen LogP contribution in [0.3, 0.4) is 0 Å². The topological polar surface area (TPSA) is 46.5 Å². The van der Waals surface area contributed by atoms with E-state index in [1.54, 1.807) is 0 Å². The summed E-state index contributed by atoms with van der Waals surface area (Å²) in [5, 5.41) is 11.0. The van der Waals surface area contributed by atoms with Gasteiger partial charge in [0, 0.05) is 0 Å². The minimum Gasteiger partial charge on any atom is -0.490 e. The van der Waals surface area contributed by atoms with Crippen LogP contribution in [0.25, 0.3) is 16.8 Å². The summed E-state index contributed by atoms with van der Waals surface area (Å²) in [5.41, 5.74) is 0.808. The van der Waals surface area contributed by atoms with E-state index >= 15 is 0 Å². The molecule has 0 aliphatic rings. The fourth-order valence-corrected chi connectivity index (χ4v) is 1.66. The average molecular weight is 265 g/mol. The molecule has 0 aromatic heterocycles. The van der Waals surface area contributed by atoms with Crippen molar-refractivity contribution in [2.75, 3.05) is 7.11 Å². The molecule has 18 heavy (non-hydrogen) atoms. The molecule has 0 aliphatic heterocycles. The number of hydrogen-bond acceptors (Lipinski definition) is 2. The minimum atomic E-state index is -1.07. The van der Waals surface area contributed by atoms with E-state index in [-0.39, 0.29) is 18.2 Å². The normalized spacial score (nSPS) is 10.8. The van der Waals surface area contributed by atoms with Gasteiger partial charge in [0.15, 0.2) is 0 Å². The Labute approximate surface area is 111 Å². The van der Waals surface area contributed by atoms with E-state index in [0.29, 0.717) is 0 Å². The summed E-state index contributed by atoms with van der Waals surface area (Å²) in [7, 11) is 1.35. The first-order valence-electron chi connectivity index (χ1n) is 5.18. The van der Waals surface area contributed by atoms with Crippen molar-refractivity contribution in [3.8, 4) is 0 Å². The minimum absolute atomic E-state index is 0. The molecule has 0 spiro atoms. The van der Waals surface area contributed by atoms with E-state index in [9.17, 15) is 4.79 Å². The first-order chi connectivity index (χ1) is 8.20. The van der Waals surface area contributed by atoms with Crippen LogP contribution < -0.4 is 0 Å². The second-order valence-corrected chi connectivity index (χ2v) is 3.62. The predicted octanol–water partition coefficient (Wildman–Crippen LogP) is 3.33. The monoisotopic (exact) mass is 264 g/mol. The van der Waals surface area contributed by atoms with E-state index in [1.165, 1.54) is 13.2 Å². The summed E-state index contributed by atoms with van der Waals surface area (Å²) in [4.78, 5) is 10.8. The fraction of sp³-hybridized carbons (Fsp3) is 0.0714. The molecule has 0 saturated heterocycles. The van der Waals surface area contributed by atoms with Crippen LogP contribution in [0.4, 0.5) is 0 Å². The highest BCUT2D eigenvalue weighted by Gasteiger charge is 2.06. The average Bonchev–Trinajstić information content (AvgIpc) is 2.35. The molecule has 94 valence electrons. The molecule has 2 aromatic rings. The number of halogens is 1. The maximum Gasteiger partial charge on any atom is 0.371 e. The van der Waals surface area contributed by atoms with Crippen LogP contribution in [-0.2, 0) is 9.53 Å². The zero-order chi connectivity index (χ0) is 12.3. The SMILES string of the molecule is COC(=Cc1ccc2ccccc2c1)C(=O)O.Cl. The number of hydrogen-bond donors (Lipinski definition) is 1. The van der Waals surface area contributed by atoms with Crippen molar-refractivity contribution in [1.29, 1.82) is 0 Å². The zero-order valence-electron chi connectivity index (χ0n) is 9.79. The maximum absolute atomic E-state index is 10.8. The van der Waals surface area contributed by atoms with Gasteiger partial charge >= 0.3 is 5.97 Å². The Morgan fingerprint density at radius 3 is 2.44 bits per heavy atom. The van der Waals surface area contributed by atoms with Crippen molar-refractivity contribution in [2.45, 2.75) is 0 Å². The Morgan fingerprint density at radius 1 is 1.17 bits per heavy atom. The first-order valence-corrected chi connectivity index (χ1v) is 5.18. The van der Waals surface area contributed by atoms with E-state index in [1.807, 2.05) is 42.5 Å². The Morgan fingerprint density at radius 2 is 1.83 bits per heavy atom. The van der Waals surface area contributed by atoms with Gasteiger partial charge in [-0.3, -0.25) is 0 Å². The van der Waals surface area contributed by atoms with Gasteiger partial charge in [-0.2, -0.15) is 0 Å². The molecule has 2 rings (SSSR count). The summed E-state index contributed by atoms with van der Waals surface area (Å²) in [6, 6.07) is 13.7. The molecule has 0 amide bonds. The summed E-state index contributed by atoms with van der Waals surface area (Å²) in [6.45, 7) is 0. The second-order valence-electron chi connectivity index (χ2n) is 3.62. The zero-order valence-corrected chi connectivity index (χ0v) is 10.6. The molecule has 0 bridgehead atoms. The maximum atomic E-state index is 10.8. The molecular weight excluding hydrogens is 252 g/mol. The summed E-state index contributed by atoms with van der Waals surface area (Å²) >= 11 is 0. The van der Waals surface area contributed by atoms with Crippen LogP contribution in [0.2, 0.25) is 0 Å². The van der Waals surface area contributed by atoms with Crippen molar-refractivity contribution in [2.24, 2.45) is 0 Å². The smallest absolute Gasteiger partial charge is 0.371 e. The lowest BCUT2D eigenvalue weighted by Crippen LogP contribution is -2.01. The molecule has 1 N–H and O–H groups in total. The summed E-state index contributed by atoms with van der Waals surface area (Å²) in [5.74, 6) is -1.14. The number of carboxylic acids is 1. The number of aliphatic carboxylic acids is 1. The van der Waals surface area contributed by atoms with Crippen molar-refractivity contribution in [3.63, 3.8) is 0 Å². The molecule has 2 aromatic carbocycles. The lowest BCUT2D eigenvalue weighted by molar-refractivity contribution is -0.135.